The molecule has 0 atom stereocenters. The first kappa shape index (κ1) is 18.8. The minimum absolute atomic E-state index is 0.106. The molecular formula is C22H23N3O2S. The van der Waals surface area contributed by atoms with Gasteiger partial charge in [-0.2, -0.15) is 0 Å². The van der Waals surface area contributed by atoms with Gasteiger partial charge in [-0.25, -0.2) is 4.99 Å². The molecule has 5 nitrogen and oxygen atoms in total. The number of benzene rings is 2. The van der Waals surface area contributed by atoms with Gasteiger partial charge in [0.1, 0.15) is 0 Å². The molecule has 2 aliphatic heterocycles. The summed E-state index contributed by atoms with van der Waals surface area (Å²) in [7, 11) is 0. The van der Waals surface area contributed by atoms with E-state index in [1.165, 1.54) is 17.4 Å². The molecule has 0 unspecified atom stereocenters. The zero-order valence-corrected chi connectivity index (χ0v) is 16.9. The fourth-order valence-electron chi connectivity index (χ4n) is 3.37. The summed E-state index contributed by atoms with van der Waals surface area (Å²) in [6.07, 6.45) is 1.91. The predicted octanol–water partition coefficient (Wildman–Crippen LogP) is 4.03. The number of hydrogen-bond donors (Lipinski definition) is 1. The number of amidine groups is 1. The van der Waals surface area contributed by atoms with E-state index in [0.29, 0.717) is 10.1 Å². The van der Waals surface area contributed by atoms with Crippen LogP contribution in [0.25, 0.3) is 6.08 Å². The van der Waals surface area contributed by atoms with Gasteiger partial charge in [0.15, 0.2) is 5.17 Å². The molecule has 0 spiro atoms. The minimum atomic E-state index is -0.106. The lowest BCUT2D eigenvalue weighted by Crippen LogP contribution is -2.36. The van der Waals surface area contributed by atoms with Crippen molar-refractivity contribution in [1.29, 1.82) is 0 Å². The third kappa shape index (κ3) is 4.46. The van der Waals surface area contributed by atoms with Crippen molar-refractivity contribution in [3.63, 3.8) is 0 Å². The monoisotopic (exact) mass is 393 g/mol. The van der Waals surface area contributed by atoms with Crippen LogP contribution in [0.15, 0.2) is 52.4 Å². The van der Waals surface area contributed by atoms with E-state index >= 15 is 0 Å². The Morgan fingerprint density at radius 3 is 2.43 bits per heavy atom. The summed E-state index contributed by atoms with van der Waals surface area (Å²) in [5.41, 5.74) is 5.36. The number of carbonyl (C=O) groups is 1. The number of amides is 1. The number of ether oxygens (including phenoxy) is 1. The first-order chi connectivity index (χ1) is 13.6. The Kier molecular flexibility index (Phi) is 5.50. The number of hydrogen-bond acceptors (Lipinski definition) is 5. The van der Waals surface area contributed by atoms with E-state index in [9.17, 15) is 4.79 Å². The van der Waals surface area contributed by atoms with Crippen LogP contribution < -0.4 is 10.2 Å². The number of thioether (sulfide) groups is 1. The Morgan fingerprint density at radius 1 is 1.07 bits per heavy atom. The van der Waals surface area contributed by atoms with Crippen molar-refractivity contribution in [3.8, 4) is 0 Å². The fraction of sp³-hybridized carbons (Fsp3) is 0.273. The van der Waals surface area contributed by atoms with Crippen LogP contribution in [0.4, 0.5) is 11.4 Å². The third-order valence-corrected chi connectivity index (χ3v) is 5.56. The highest BCUT2D eigenvalue weighted by molar-refractivity contribution is 8.18. The summed E-state index contributed by atoms with van der Waals surface area (Å²) >= 11 is 1.38. The average Bonchev–Trinajstić information content (AvgIpc) is 3.01. The minimum Gasteiger partial charge on any atom is -0.378 e. The molecule has 2 heterocycles. The van der Waals surface area contributed by atoms with Gasteiger partial charge in [-0.1, -0.05) is 18.2 Å². The van der Waals surface area contributed by atoms with E-state index in [1.807, 2.05) is 44.2 Å². The van der Waals surface area contributed by atoms with Crippen molar-refractivity contribution in [2.45, 2.75) is 13.8 Å². The van der Waals surface area contributed by atoms with Crippen LogP contribution >= 0.6 is 11.8 Å². The summed E-state index contributed by atoms with van der Waals surface area (Å²) in [6, 6.07) is 14.4. The summed E-state index contributed by atoms with van der Waals surface area (Å²) < 4.78 is 5.40. The van der Waals surface area contributed by atoms with Crippen LogP contribution in [0, 0.1) is 13.8 Å². The smallest absolute Gasteiger partial charge is 0.264 e. The number of nitrogens with one attached hydrogen (secondary N) is 1. The Morgan fingerprint density at radius 2 is 1.75 bits per heavy atom. The van der Waals surface area contributed by atoms with Gasteiger partial charge in [0.25, 0.3) is 5.91 Å². The highest BCUT2D eigenvalue weighted by Gasteiger charge is 2.23. The van der Waals surface area contributed by atoms with Crippen LogP contribution in [0.5, 0.6) is 0 Å². The van der Waals surface area contributed by atoms with Crippen LogP contribution in [-0.4, -0.2) is 37.4 Å². The SMILES string of the molecule is Cc1cc(C)cc(N=C2NC(=O)/C(=C/c3ccc(N4CCOCC4)cc3)S2)c1. The number of aryl methyl sites for hydroxylation is 2. The quantitative estimate of drug-likeness (QED) is 0.800. The largest absolute Gasteiger partial charge is 0.378 e. The van der Waals surface area contributed by atoms with E-state index in [-0.39, 0.29) is 5.91 Å². The Bertz CT molecular complexity index is 925. The van der Waals surface area contributed by atoms with E-state index in [0.717, 1.165) is 48.7 Å². The second-order valence-corrected chi connectivity index (χ2v) is 8.05. The van der Waals surface area contributed by atoms with Crippen LogP contribution in [0.2, 0.25) is 0 Å². The number of carbonyl (C=O) groups excluding carboxylic acids is 1. The Labute approximate surface area is 169 Å². The van der Waals surface area contributed by atoms with E-state index in [2.05, 4.69) is 33.4 Å². The number of aliphatic imine (C=N–C) groups is 1. The van der Waals surface area contributed by atoms with Gasteiger partial charge in [-0.05, 0) is 72.6 Å². The second kappa shape index (κ2) is 8.20. The molecule has 2 aromatic carbocycles. The molecule has 1 N–H and O–H groups in total. The zero-order valence-electron chi connectivity index (χ0n) is 16.1. The molecule has 0 aliphatic carbocycles. The number of nitrogens with zero attached hydrogens (tertiary/aromatic N) is 2. The maximum absolute atomic E-state index is 12.3. The van der Waals surface area contributed by atoms with Gasteiger partial charge in [0.2, 0.25) is 0 Å². The maximum Gasteiger partial charge on any atom is 0.264 e. The molecule has 4 rings (SSSR count). The number of anilines is 1. The van der Waals surface area contributed by atoms with Crippen molar-refractivity contribution >= 4 is 40.3 Å². The van der Waals surface area contributed by atoms with E-state index < -0.39 is 0 Å². The molecule has 0 bridgehead atoms. The highest BCUT2D eigenvalue weighted by Crippen LogP contribution is 2.29. The molecule has 0 aromatic heterocycles. The van der Waals surface area contributed by atoms with Crippen LogP contribution in [-0.2, 0) is 9.53 Å². The molecule has 2 aliphatic rings. The summed E-state index contributed by atoms with van der Waals surface area (Å²) in [4.78, 5) is 19.9. The first-order valence-electron chi connectivity index (χ1n) is 9.37. The fourth-order valence-corrected chi connectivity index (χ4v) is 4.21. The second-order valence-electron chi connectivity index (χ2n) is 7.02. The first-order valence-corrected chi connectivity index (χ1v) is 10.2. The average molecular weight is 394 g/mol. The van der Waals surface area contributed by atoms with Crippen LogP contribution in [0.1, 0.15) is 16.7 Å². The predicted molar refractivity (Wildman–Crippen MR) is 116 cm³/mol. The molecule has 28 heavy (non-hydrogen) atoms. The lowest BCUT2D eigenvalue weighted by Gasteiger charge is -2.28. The lowest BCUT2D eigenvalue weighted by molar-refractivity contribution is -0.115. The number of morpholine rings is 1. The molecular weight excluding hydrogens is 370 g/mol. The van der Waals surface area contributed by atoms with Crippen LogP contribution in [0.3, 0.4) is 0 Å². The molecule has 2 saturated heterocycles. The van der Waals surface area contributed by atoms with Gasteiger partial charge >= 0.3 is 0 Å². The molecule has 0 radical (unpaired) electrons. The highest BCUT2D eigenvalue weighted by atomic mass is 32.2. The number of rotatable bonds is 3. The van der Waals surface area contributed by atoms with Crippen molar-refractivity contribution in [2.24, 2.45) is 4.99 Å². The van der Waals surface area contributed by atoms with Crippen molar-refractivity contribution < 1.29 is 9.53 Å². The van der Waals surface area contributed by atoms with Crippen molar-refractivity contribution in [2.75, 3.05) is 31.2 Å². The van der Waals surface area contributed by atoms with Gasteiger partial charge in [-0.15, -0.1) is 0 Å². The topological polar surface area (TPSA) is 53.9 Å². The zero-order chi connectivity index (χ0) is 19.5. The lowest BCUT2D eigenvalue weighted by atomic mass is 10.1. The van der Waals surface area contributed by atoms with Gasteiger partial charge in [0, 0.05) is 18.8 Å². The summed E-state index contributed by atoms with van der Waals surface area (Å²) in [6.45, 7) is 7.45. The molecule has 6 heteroatoms. The Hall–Kier alpha value is -2.57. The van der Waals surface area contributed by atoms with Gasteiger partial charge in [0.05, 0.1) is 23.8 Å². The molecule has 2 aromatic rings. The van der Waals surface area contributed by atoms with Gasteiger partial charge < -0.3 is 15.0 Å². The normalized spacial score (nSPS) is 20.1. The van der Waals surface area contributed by atoms with Gasteiger partial charge in [-0.3, -0.25) is 4.79 Å². The van der Waals surface area contributed by atoms with Crippen molar-refractivity contribution in [3.05, 3.63) is 64.1 Å². The molecule has 2 fully saturated rings. The third-order valence-electron chi connectivity index (χ3n) is 4.66. The Balaban J connectivity index is 1.49. The molecule has 1 amide bonds. The standard InChI is InChI=1S/C22H23N3O2S/c1-15-11-16(2)13-18(12-15)23-22-24-21(26)20(28-22)14-17-3-5-19(6-4-17)25-7-9-27-10-8-25/h3-6,11-14H,7-10H2,1-2H3,(H,23,24,26)/b20-14-. The summed E-state index contributed by atoms with van der Waals surface area (Å²) in [5.74, 6) is -0.106. The van der Waals surface area contributed by atoms with Crippen molar-refractivity contribution in [1.82, 2.24) is 5.32 Å². The molecule has 0 saturated carbocycles. The summed E-state index contributed by atoms with van der Waals surface area (Å²) in [5, 5.41) is 3.48. The molecule has 144 valence electrons. The maximum atomic E-state index is 12.3. The van der Waals surface area contributed by atoms with E-state index in [1.54, 1.807) is 0 Å². The van der Waals surface area contributed by atoms with E-state index in [4.69, 9.17) is 4.74 Å².